The first-order valence-electron chi connectivity index (χ1n) is 6.61. The lowest BCUT2D eigenvalue weighted by Gasteiger charge is -2.10. The summed E-state index contributed by atoms with van der Waals surface area (Å²) in [7, 11) is 0. The van der Waals surface area contributed by atoms with E-state index in [1.807, 2.05) is 18.2 Å². The maximum atomic E-state index is 13.6. The van der Waals surface area contributed by atoms with Crippen LogP contribution in [0.3, 0.4) is 0 Å². The SMILES string of the molecule is CCCNCc1cc(F)cc(Oc2ccccc2Cl)c1. The highest BCUT2D eigenvalue weighted by atomic mass is 35.5. The molecule has 0 aliphatic carbocycles. The molecule has 2 aromatic carbocycles. The van der Waals surface area contributed by atoms with Crippen molar-refractivity contribution in [1.82, 2.24) is 5.32 Å². The minimum Gasteiger partial charge on any atom is -0.456 e. The van der Waals surface area contributed by atoms with Gasteiger partial charge in [-0.2, -0.15) is 0 Å². The summed E-state index contributed by atoms with van der Waals surface area (Å²) in [6.07, 6.45) is 1.04. The van der Waals surface area contributed by atoms with Crippen LogP contribution in [0.15, 0.2) is 42.5 Å². The number of benzene rings is 2. The second-order valence-corrected chi connectivity index (χ2v) is 4.91. The predicted molar refractivity (Wildman–Crippen MR) is 79.9 cm³/mol. The molecule has 0 spiro atoms. The van der Waals surface area contributed by atoms with Crippen LogP contribution in [0, 0.1) is 5.82 Å². The molecule has 0 bridgehead atoms. The minimum absolute atomic E-state index is 0.317. The zero-order valence-corrected chi connectivity index (χ0v) is 12.1. The Balaban J connectivity index is 2.13. The largest absolute Gasteiger partial charge is 0.456 e. The third kappa shape index (κ3) is 4.22. The van der Waals surface area contributed by atoms with E-state index in [2.05, 4.69) is 12.2 Å². The molecule has 0 radical (unpaired) electrons. The van der Waals surface area contributed by atoms with Gasteiger partial charge in [0.1, 0.15) is 17.3 Å². The molecule has 4 heteroatoms. The zero-order valence-electron chi connectivity index (χ0n) is 11.3. The van der Waals surface area contributed by atoms with Crippen molar-refractivity contribution in [1.29, 1.82) is 0 Å². The quantitative estimate of drug-likeness (QED) is 0.775. The lowest BCUT2D eigenvalue weighted by molar-refractivity contribution is 0.475. The molecule has 20 heavy (non-hydrogen) atoms. The average molecular weight is 294 g/mol. The molecule has 2 aromatic rings. The van der Waals surface area contributed by atoms with Crippen LogP contribution in [0.25, 0.3) is 0 Å². The second-order valence-electron chi connectivity index (χ2n) is 4.50. The van der Waals surface area contributed by atoms with E-state index in [0.717, 1.165) is 18.5 Å². The molecule has 0 fully saturated rings. The van der Waals surface area contributed by atoms with Crippen molar-refractivity contribution in [2.45, 2.75) is 19.9 Å². The normalized spacial score (nSPS) is 10.6. The van der Waals surface area contributed by atoms with Crippen molar-refractivity contribution >= 4 is 11.6 Å². The van der Waals surface area contributed by atoms with Gasteiger partial charge in [-0.3, -0.25) is 0 Å². The van der Waals surface area contributed by atoms with Crippen LogP contribution in [-0.4, -0.2) is 6.54 Å². The molecule has 0 amide bonds. The summed E-state index contributed by atoms with van der Waals surface area (Å²) in [5.41, 5.74) is 0.848. The molecule has 106 valence electrons. The van der Waals surface area contributed by atoms with E-state index in [0.29, 0.717) is 23.1 Å². The molecule has 0 unspecified atom stereocenters. The summed E-state index contributed by atoms with van der Waals surface area (Å²) in [5, 5.41) is 3.73. The van der Waals surface area contributed by atoms with Crippen LogP contribution >= 0.6 is 11.6 Å². The summed E-state index contributed by atoms with van der Waals surface area (Å²) >= 11 is 6.03. The average Bonchev–Trinajstić information content (AvgIpc) is 2.41. The zero-order chi connectivity index (χ0) is 14.4. The summed E-state index contributed by atoms with van der Waals surface area (Å²) < 4.78 is 19.2. The van der Waals surface area contributed by atoms with E-state index in [1.165, 1.54) is 12.1 Å². The number of ether oxygens (including phenoxy) is 1. The molecule has 1 N–H and O–H groups in total. The number of halogens is 2. The van der Waals surface area contributed by atoms with E-state index >= 15 is 0 Å². The van der Waals surface area contributed by atoms with Crippen LogP contribution in [0.2, 0.25) is 5.02 Å². The predicted octanol–water partition coefficient (Wildman–Crippen LogP) is 4.77. The van der Waals surface area contributed by atoms with Crippen LogP contribution in [-0.2, 0) is 6.54 Å². The van der Waals surface area contributed by atoms with Gasteiger partial charge in [-0.05, 0) is 42.8 Å². The Hall–Kier alpha value is -1.58. The third-order valence-electron chi connectivity index (χ3n) is 2.75. The number of hydrogen-bond acceptors (Lipinski definition) is 2. The number of nitrogens with one attached hydrogen (secondary N) is 1. The van der Waals surface area contributed by atoms with Crippen molar-refractivity contribution in [2.24, 2.45) is 0 Å². The second kappa shape index (κ2) is 7.27. The van der Waals surface area contributed by atoms with Crippen LogP contribution in [0.5, 0.6) is 11.5 Å². The minimum atomic E-state index is -0.317. The summed E-state index contributed by atoms with van der Waals surface area (Å²) in [5.74, 6) is 0.654. The van der Waals surface area contributed by atoms with Gasteiger partial charge in [0.05, 0.1) is 5.02 Å². The first-order chi connectivity index (χ1) is 9.69. The Morgan fingerprint density at radius 1 is 1.20 bits per heavy atom. The van der Waals surface area contributed by atoms with E-state index in [4.69, 9.17) is 16.3 Å². The highest BCUT2D eigenvalue weighted by molar-refractivity contribution is 6.32. The first-order valence-corrected chi connectivity index (χ1v) is 6.99. The van der Waals surface area contributed by atoms with Crippen molar-refractivity contribution in [3.8, 4) is 11.5 Å². The molecule has 0 aliphatic rings. The topological polar surface area (TPSA) is 21.3 Å². The molecule has 2 rings (SSSR count). The number of para-hydroxylation sites is 1. The van der Waals surface area contributed by atoms with Crippen LogP contribution < -0.4 is 10.1 Å². The van der Waals surface area contributed by atoms with E-state index in [-0.39, 0.29) is 5.82 Å². The van der Waals surface area contributed by atoms with Crippen molar-refractivity contribution in [2.75, 3.05) is 6.54 Å². The van der Waals surface area contributed by atoms with Gasteiger partial charge in [0.15, 0.2) is 0 Å². The fourth-order valence-electron chi connectivity index (χ4n) is 1.85. The van der Waals surface area contributed by atoms with Gasteiger partial charge in [-0.1, -0.05) is 30.7 Å². The maximum absolute atomic E-state index is 13.6. The summed E-state index contributed by atoms with van der Waals surface area (Å²) in [6.45, 7) is 3.60. The molecule has 0 heterocycles. The molecular weight excluding hydrogens is 277 g/mol. The van der Waals surface area contributed by atoms with Gasteiger partial charge in [-0.15, -0.1) is 0 Å². The molecule has 0 saturated carbocycles. The number of rotatable bonds is 6. The maximum Gasteiger partial charge on any atom is 0.146 e. The Kier molecular flexibility index (Phi) is 5.39. The smallest absolute Gasteiger partial charge is 0.146 e. The fraction of sp³-hybridized carbons (Fsp3) is 0.250. The van der Waals surface area contributed by atoms with Crippen molar-refractivity contribution < 1.29 is 9.13 Å². The van der Waals surface area contributed by atoms with Crippen molar-refractivity contribution in [3.05, 3.63) is 58.9 Å². The Labute approximate surface area is 123 Å². The molecule has 0 aliphatic heterocycles. The highest BCUT2D eigenvalue weighted by Gasteiger charge is 2.05. The van der Waals surface area contributed by atoms with E-state index in [9.17, 15) is 4.39 Å². The summed E-state index contributed by atoms with van der Waals surface area (Å²) in [6, 6.07) is 11.8. The standard InChI is InChI=1S/C16H17ClFNO/c1-2-7-19-11-12-8-13(18)10-14(9-12)20-16-6-4-3-5-15(16)17/h3-6,8-10,19H,2,7,11H2,1H3. The van der Waals surface area contributed by atoms with Gasteiger partial charge < -0.3 is 10.1 Å². The van der Waals surface area contributed by atoms with Gasteiger partial charge in [-0.25, -0.2) is 4.39 Å². The molecule has 0 saturated heterocycles. The van der Waals surface area contributed by atoms with Gasteiger partial charge in [0.25, 0.3) is 0 Å². The van der Waals surface area contributed by atoms with Crippen LogP contribution in [0.1, 0.15) is 18.9 Å². The van der Waals surface area contributed by atoms with E-state index in [1.54, 1.807) is 12.1 Å². The third-order valence-corrected chi connectivity index (χ3v) is 3.06. The highest BCUT2D eigenvalue weighted by Crippen LogP contribution is 2.29. The van der Waals surface area contributed by atoms with Gasteiger partial charge in [0.2, 0.25) is 0 Å². The van der Waals surface area contributed by atoms with Gasteiger partial charge in [0, 0.05) is 12.6 Å². The van der Waals surface area contributed by atoms with E-state index < -0.39 is 0 Å². The Morgan fingerprint density at radius 3 is 2.75 bits per heavy atom. The monoisotopic (exact) mass is 293 g/mol. The van der Waals surface area contributed by atoms with Crippen LogP contribution in [0.4, 0.5) is 4.39 Å². The lowest BCUT2D eigenvalue weighted by Crippen LogP contribution is -2.13. The fourth-order valence-corrected chi connectivity index (χ4v) is 2.02. The van der Waals surface area contributed by atoms with Gasteiger partial charge >= 0.3 is 0 Å². The first kappa shape index (κ1) is 14.8. The molecule has 0 atom stereocenters. The number of hydrogen-bond donors (Lipinski definition) is 1. The van der Waals surface area contributed by atoms with Crippen molar-refractivity contribution in [3.63, 3.8) is 0 Å². The lowest BCUT2D eigenvalue weighted by atomic mass is 10.2. The molecular formula is C16H17ClFNO. The Bertz CT molecular complexity index is 574. The molecule has 0 aromatic heterocycles. The summed E-state index contributed by atoms with van der Waals surface area (Å²) in [4.78, 5) is 0. The molecule has 2 nitrogen and oxygen atoms in total. The Morgan fingerprint density at radius 2 is 2.00 bits per heavy atom.